The molecule has 0 aliphatic heterocycles. The number of nitriles is 1. The predicted molar refractivity (Wildman–Crippen MR) is 86.6 cm³/mol. The summed E-state index contributed by atoms with van der Waals surface area (Å²) in [4.78, 5) is 14.8. The number of aldehydes is 1. The zero-order valence-corrected chi connectivity index (χ0v) is 13.9. The van der Waals surface area contributed by atoms with Crippen molar-refractivity contribution in [3.8, 4) is 11.8 Å². The molecule has 124 valence electrons. The molecule has 0 bridgehead atoms. The smallest absolute Gasteiger partial charge is 0.280 e. The van der Waals surface area contributed by atoms with Crippen LogP contribution in [0.4, 0.5) is 8.78 Å². The molecule has 0 N–H and O–H groups in total. The van der Waals surface area contributed by atoms with Crippen molar-refractivity contribution in [2.75, 3.05) is 7.11 Å². The summed E-state index contributed by atoms with van der Waals surface area (Å²) in [6, 6.07) is 8.18. The van der Waals surface area contributed by atoms with E-state index in [0.717, 1.165) is 17.3 Å². The van der Waals surface area contributed by atoms with Crippen LogP contribution in [0.3, 0.4) is 0 Å². The number of hydrogen-bond acceptors (Lipinski definition) is 5. The van der Waals surface area contributed by atoms with E-state index in [0.29, 0.717) is 28.9 Å². The van der Waals surface area contributed by atoms with Crippen LogP contribution in [0.5, 0.6) is 5.75 Å². The Hall–Kier alpha value is -2.46. The number of methoxy groups -OCH3 is 1. The van der Waals surface area contributed by atoms with Gasteiger partial charge < -0.3 is 4.74 Å². The van der Waals surface area contributed by atoms with Crippen LogP contribution in [-0.4, -0.2) is 18.4 Å². The third-order valence-corrected chi connectivity index (χ3v) is 4.37. The van der Waals surface area contributed by atoms with Gasteiger partial charge in [-0.3, -0.25) is 4.79 Å². The molecule has 1 aromatic heterocycles. The molecule has 2 rings (SSSR count). The zero-order valence-electron chi connectivity index (χ0n) is 13.0. The van der Waals surface area contributed by atoms with E-state index in [9.17, 15) is 18.8 Å². The molecule has 0 saturated heterocycles. The minimum Gasteiger partial charge on any atom is -0.496 e. The van der Waals surface area contributed by atoms with Crippen molar-refractivity contribution in [2.24, 2.45) is 0 Å². The molecule has 24 heavy (non-hydrogen) atoms. The van der Waals surface area contributed by atoms with Crippen LogP contribution in [-0.2, 0) is 5.75 Å². The summed E-state index contributed by atoms with van der Waals surface area (Å²) >= 11 is 1.16. The number of carbonyl (C=O) groups excluding carboxylic acids is 1. The monoisotopic (exact) mass is 348 g/mol. The Balaban J connectivity index is 2.35. The standard InChI is InChI=1S/C17H14F2N2O2S/c1-10-5-14(16(18)19)21-17(13(10)7-20)24-9-12-6-11(8-22)3-4-15(12)23-2/h3-6,8,16H,9H2,1-2H3. The third-order valence-electron chi connectivity index (χ3n) is 3.34. The van der Waals surface area contributed by atoms with E-state index >= 15 is 0 Å². The maximum atomic E-state index is 12.9. The topological polar surface area (TPSA) is 63.0 Å². The molecule has 0 saturated carbocycles. The molecular formula is C17H14F2N2O2S. The van der Waals surface area contributed by atoms with Gasteiger partial charge in [-0.05, 0) is 36.8 Å². The fourth-order valence-electron chi connectivity index (χ4n) is 2.15. The van der Waals surface area contributed by atoms with Gasteiger partial charge in [-0.1, -0.05) is 0 Å². The summed E-state index contributed by atoms with van der Waals surface area (Å²) in [5.74, 6) is 0.909. The van der Waals surface area contributed by atoms with E-state index in [1.807, 2.05) is 6.07 Å². The van der Waals surface area contributed by atoms with Crippen molar-refractivity contribution in [2.45, 2.75) is 24.1 Å². The van der Waals surface area contributed by atoms with Crippen LogP contribution in [0, 0.1) is 18.3 Å². The number of halogens is 2. The van der Waals surface area contributed by atoms with E-state index < -0.39 is 6.43 Å². The number of aromatic nitrogens is 1. The Labute approximate surface area is 142 Å². The molecule has 0 atom stereocenters. The Morgan fingerprint density at radius 2 is 2.17 bits per heavy atom. The molecule has 7 heteroatoms. The Morgan fingerprint density at radius 1 is 1.42 bits per heavy atom. The molecule has 0 aliphatic carbocycles. The molecule has 0 radical (unpaired) electrons. The summed E-state index contributed by atoms with van der Waals surface area (Å²) < 4.78 is 31.1. The van der Waals surface area contributed by atoms with Gasteiger partial charge in [0.15, 0.2) is 0 Å². The number of nitrogens with zero attached hydrogens (tertiary/aromatic N) is 2. The minimum absolute atomic E-state index is 0.242. The van der Waals surface area contributed by atoms with Gasteiger partial charge in [0.2, 0.25) is 0 Å². The molecule has 2 aromatic rings. The molecular weight excluding hydrogens is 334 g/mol. The lowest BCUT2D eigenvalue weighted by molar-refractivity contribution is 0.112. The Kier molecular flexibility index (Phi) is 5.88. The molecule has 0 unspecified atom stereocenters. The molecule has 4 nitrogen and oxygen atoms in total. The van der Waals surface area contributed by atoms with E-state index in [-0.39, 0.29) is 16.3 Å². The van der Waals surface area contributed by atoms with Crippen LogP contribution in [0.1, 0.15) is 39.2 Å². The third kappa shape index (κ3) is 3.89. The van der Waals surface area contributed by atoms with E-state index in [2.05, 4.69) is 4.98 Å². The quantitative estimate of drug-likeness (QED) is 0.575. The lowest BCUT2D eigenvalue weighted by Gasteiger charge is -2.11. The van der Waals surface area contributed by atoms with Crippen molar-refractivity contribution in [3.05, 3.63) is 52.2 Å². The number of ether oxygens (including phenoxy) is 1. The summed E-state index contributed by atoms with van der Waals surface area (Å²) in [6.07, 6.45) is -1.99. The highest BCUT2D eigenvalue weighted by Gasteiger charge is 2.17. The van der Waals surface area contributed by atoms with Gasteiger partial charge >= 0.3 is 0 Å². The highest BCUT2D eigenvalue weighted by Crippen LogP contribution is 2.32. The largest absolute Gasteiger partial charge is 0.496 e. The minimum atomic E-state index is -2.70. The summed E-state index contributed by atoms with van der Waals surface area (Å²) in [7, 11) is 1.50. The number of benzene rings is 1. The number of carbonyl (C=O) groups is 1. The highest BCUT2D eigenvalue weighted by molar-refractivity contribution is 7.98. The maximum Gasteiger partial charge on any atom is 0.280 e. The number of aryl methyl sites for hydroxylation is 1. The average Bonchev–Trinajstić information content (AvgIpc) is 2.58. The second kappa shape index (κ2) is 7.88. The molecule has 0 amide bonds. The SMILES string of the molecule is COc1ccc(C=O)cc1CSc1nc(C(F)F)cc(C)c1C#N. The average molecular weight is 348 g/mol. The van der Waals surface area contributed by atoms with E-state index in [1.165, 1.54) is 13.2 Å². The first-order chi connectivity index (χ1) is 11.5. The van der Waals surface area contributed by atoms with Gasteiger partial charge in [0, 0.05) is 16.9 Å². The van der Waals surface area contributed by atoms with Crippen LogP contribution < -0.4 is 4.74 Å². The second-order valence-electron chi connectivity index (χ2n) is 4.93. The number of alkyl halides is 2. The first kappa shape index (κ1) is 17.9. The fourth-order valence-corrected chi connectivity index (χ4v) is 3.19. The first-order valence-electron chi connectivity index (χ1n) is 6.94. The molecule has 1 heterocycles. The van der Waals surface area contributed by atoms with Crippen molar-refractivity contribution in [1.29, 1.82) is 5.26 Å². The number of pyridine rings is 1. The summed E-state index contributed by atoms with van der Waals surface area (Å²) in [5.41, 5.74) is 1.58. The highest BCUT2D eigenvalue weighted by atomic mass is 32.2. The molecule has 0 spiro atoms. The van der Waals surface area contributed by atoms with Gasteiger partial charge in [0.25, 0.3) is 6.43 Å². The number of hydrogen-bond donors (Lipinski definition) is 0. The lowest BCUT2D eigenvalue weighted by atomic mass is 10.1. The summed E-state index contributed by atoms with van der Waals surface area (Å²) in [6.45, 7) is 1.60. The van der Waals surface area contributed by atoms with Crippen molar-refractivity contribution in [1.82, 2.24) is 4.98 Å². The van der Waals surface area contributed by atoms with Crippen LogP contribution >= 0.6 is 11.8 Å². The van der Waals surface area contributed by atoms with E-state index in [1.54, 1.807) is 25.1 Å². The van der Waals surface area contributed by atoms with Gasteiger partial charge in [-0.25, -0.2) is 13.8 Å². The molecule has 0 aliphatic rings. The lowest BCUT2D eigenvalue weighted by Crippen LogP contribution is -1.99. The molecule has 1 aromatic carbocycles. The maximum absolute atomic E-state index is 12.9. The van der Waals surface area contributed by atoms with Crippen LogP contribution in [0.15, 0.2) is 29.3 Å². The van der Waals surface area contributed by atoms with Crippen molar-refractivity contribution < 1.29 is 18.3 Å². The van der Waals surface area contributed by atoms with Crippen LogP contribution in [0.2, 0.25) is 0 Å². The second-order valence-corrected chi connectivity index (χ2v) is 5.90. The van der Waals surface area contributed by atoms with Gasteiger partial charge in [-0.15, -0.1) is 11.8 Å². The van der Waals surface area contributed by atoms with Crippen molar-refractivity contribution in [3.63, 3.8) is 0 Å². The van der Waals surface area contributed by atoms with Gasteiger partial charge in [0.05, 0.1) is 12.7 Å². The number of thioether (sulfide) groups is 1. The fraction of sp³-hybridized carbons (Fsp3) is 0.235. The van der Waals surface area contributed by atoms with Gasteiger partial charge in [0.1, 0.15) is 28.8 Å². The Bertz CT molecular complexity index is 804. The molecule has 0 fully saturated rings. The van der Waals surface area contributed by atoms with Gasteiger partial charge in [-0.2, -0.15) is 5.26 Å². The van der Waals surface area contributed by atoms with Crippen molar-refractivity contribution >= 4 is 18.0 Å². The zero-order chi connectivity index (χ0) is 17.7. The van der Waals surface area contributed by atoms with Crippen LogP contribution in [0.25, 0.3) is 0 Å². The predicted octanol–water partition coefficient (Wildman–Crippen LogP) is 4.31. The number of rotatable bonds is 6. The summed E-state index contributed by atoms with van der Waals surface area (Å²) in [5, 5.41) is 9.49. The normalized spacial score (nSPS) is 10.5. The first-order valence-corrected chi connectivity index (χ1v) is 7.93. The van der Waals surface area contributed by atoms with E-state index in [4.69, 9.17) is 4.74 Å². The Morgan fingerprint density at radius 3 is 2.75 bits per heavy atom.